The molecule has 6 heteroatoms. The zero-order valence-electron chi connectivity index (χ0n) is 10.5. The summed E-state index contributed by atoms with van der Waals surface area (Å²) in [5.41, 5.74) is -1.25. The van der Waals surface area contributed by atoms with Crippen LogP contribution in [0.25, 0.3) is 0 Å². The average Bonchev–Trinajstić information content (AvgIpc) is 2.16. The third-order valence-electron chi connectivity index (χ3n) is 1.95. The van der Waals surface area contributed by atoms with E-state index in [0.717, 1.165) is 0 Å². The monoisotopic (exact) mass is 248 g/mol. The van der Waals surface area contributed by atoms with Crippen LogP contribution >= 0.6 is 0 Å². The Hall–Kier alpha value is -1.30. The van der Waals surface area contributed by atoms with Gasteiger partial charge in [-0.1, -0.05) is 0 Å². The van der Waals surface area contributed by atoms with E-state index in [-0.39, 0.29) is 32.7 Å². The average molecular weight is 248 g/mol. The van der Waals surface area contributed by atoms with Gasteiger partial charge < -0.3 is 19.3 Å². The minimum Gasteiger partial charge on any atom is -0.466 e. The maximum atomic E-state index is 11.1. The third kappa shape index (κ3) is 8.50. The molecule has 0 aromatic heterocycles. The van der Waals surface area contributed by atoms with E-state index in [1.807, 2.05) is 0 Å². The number of hydrogen-bond donors (Lipinski definition) is 1. The Kier molecular flexibility index (Phi) is 7.29. The Bertz CT molecular complexity index is 248. The smallest absolute Gasteiger partial charge is 0.466 e. The molecule has 17 heavy (non-hydrogen) atoms. The second-order valence-electron chi connectivity index (χ2n) is 3.76. The van der Waals surface area contributed by atoms with Crippen molar-refractivity contribution in [3.63, 3.8) is 0 Å². The van der Waals surface area contributed by atoms with Crippen molar-refractivity contribution >= 4 is 12.1 Å². The Morgan fingerprint density at radius 1 is 1.12 bits per heavy atom. The standard InChI is InChI=1S/C11H20O6/c1-4-15-9(12)8-11(3,14)6-7-17-10(13)16-5-2/h14H,4-8H2,1-3H3. The first kappa shape index (κ1) is 15.7. The van der Waals surface area contributed by atoms with Gasteiger partial charge in [0.2, 0.25) is 0 Å². The molecule has 0 saturated heterocycles. The van der Waals surface area contributed by atoms with Crippen molar-refractivity contribution in [2.24, 2.45) is 0 Å². The first-order valence-corrected chi connectivity index (χ1v) is 5.59. The SMILES string of the molecule is CCOC(=O)CC(C)(O)CCOC(=O)OCC. The lowest BCUT2D eigenvalue weighted by atomic mass is 9.99. The molecule has 100 valence electrons. The van der Waals surface area contributed by atoms with Crippen molar-refractivity contribution in [1.82, 2.24) is 0 Å². The molecule has 0 aliphatic carbocycles. The molecule has 0 amide bonds. The summed E-state index contributed by atoms with van der Waals surface area (Å²) in [6.45, 7) is 5.34. The van der Waals surface area contributed by atoms with Crippen LogP contribution in [-0.2, 0) is 19.0 Å². The minimum absolute atomic E-state index is 0.00869. The zero-order valence-corrected chi connectivity index (χ0v) is 10.5. The lowest BCUT2D eigenvalue weighted by molar-refractivity contribution is -0.148. The number of esters is 1. The van der Waals surface area contributed by atoms with Crippen molar-refractivity contribution in [1.29, 1.82) is 0 Å². The second-order valence-corrected chi connectivity index (χ2v) is 3.76. The van der Waals surface area contributed by atoms with Crippen LogP contribution in [0.4, 0.5) is 4.79 Å². The number of carbonyl (C=O) groups is 2. The third-order valence-corrected chi connectivity index (χ3v) is 1.95. The van der Waals surface area contributed by atoms with Gasteiger partial charge in [-0.3, -0.25) is 4.79 Å². The Balaban J connectivity index is 3.84. The fraction of sp³-hybridized carbons (Fsp3) is 0.818. The normalized spacial score (nSPS) is 13.6. The summed E-state index contributed by atoms with van der Waals surface area (Å²) < 4.78 is 13.9. The number of ether oxygens (including phenoxy) is 3. The Labute approximate surface area is 101 Å². The summed E-state index contributed by atoms with van der Waals surface area (Å²) >= 11 is 0. The van der Waals surface area contributed by atoms with E-state index in [2.05, 4.69) is 9.47 Å². The summed E-state index contributed by atoms with van der Waals surface area (Å²) in [6.07, 6.45) is -0.767. The van der Waals surface area contributed by atoms with Crippen LogP contribution in [0.1, 0.15) is 33.6 Å². The lowest BCUT2D eigenvalue weighted by Gasteiger charge is -2.21. The van der Waals surface area contributed by atoms with Gasteiger partial charge in [-0.15, -0.1) is 0 Å². The Morgan fingerprint density at radius 3 is 2.24 bits per heavy atom. The van der Waals surface area contributed by atoms with E-state index in [4.69, 9.17) is 4.74 Å². The largest absolute Gasteiger partial charge is 0.508 e. The van der Waals surface area contributed by atoms with E-state index in [9.17, 15) is 14.7 Å². The highest BCUT2D eigenvalue weighted by Crippen LogP contribution is 2.15. The number of carbonyl (C=O) groups excluding carboxylic acids is 2. The zero-order chi connectivity index (χ0) is 13.3. The predicted octanol–water partition coefficient (Wildman–Crippen LogP) is 1.25. The topological polar surface area (TPSA) is 82.1 Å². The van der Waals surface area contributed by atoms with Crippen LogP contribution < -0.4 is 0 Å². The van der Waals surface area contributed by atoms with Gasteiger partial charge in [0.1, 0.15) is 0 Å². The molecule has 0 aliphatic heterocycles. The van der Waals surface area contributed by atoms with E-state index >= 15 is 0 Å². The quantitative estimate of drug-likeness (QED) is 0.683. The van der Waals surface area contributed by atoms with Gasteiger partial charge in [0.05, 0.1) is 31.8 Å². The molecular formula is C11H20O6. The van der Waals surface area contributed by atoms with E-state index < -0.39 is 17.7 Å². The van der Waals surface area contributed by atoms with Crippen LogP contribution in [0.5, 0.6) is 0 Å². The fourth-order valence-corrected chi connectivity index (χ4v) is 1.13. The van der Waals surface area contributed by atoms with Crippen LogP contribution in [-0.4, -0.2) is 42.7 Å². The van der Waals surface area contributed by atoms with Crippen molar-refractivity contribution in [3.05, 3.63) is 0 Å². The number of hydrogen-bond acceptors (Lipinski definition) is 6. The highest BCUT2D eigenvalue weighted by atomic mass is 16.7. The van der Waals surface area contributed by atoms with Crippen LogP contribution in [0, 0.1) is 0 Å². The molecular weight excluding hydrogens is 228 g/mol. The van der Waals surface area contributed by atoms with E-state index in [1.165, 1.54) is 6.92 Å². The van der Waals surface area contributed by atoms with Crippen molar-refractivity contribution in [3.8, 4) is 0 Å². The molecule has 1 unspecified atom stereocenters. The molecule has 6 nitrogen and oxygen atoms in total. The molecule has 0 bridgehead atoms. The van der Waals surface area contributed by atoms with Crippen molar-refractivity contribution in [2.75, 3.05) is 19.8 Å². The van der Waals surface area contributed by atoms with Crippen LogP contribution in [0.2, 0.25) is 0 Å². The molecule has 0 heterocycles. The van der Waals surface area contributed by atoms with Crippen LogP contribution in [0.3, 0.4) is 0 Å². The van der Waals surface area contributed by atoms with Gasteiger partial charge in [0, 0.05) is 6.42 Å². The molecule has 0 rings (SSSR count). The van der Waals surface area contributed by atoms with Crippen molar-refractivity contribution in [2.45, 2.75) is 39.2 Å². The highest BCUT2D eigenvalue weighted by Gasteiger charge is 2.25. The van der Waals surface area contributed by atoms with Gasteiger partial charge in [-0.2, -0.15) is 0 Å². The maximum Gasteiger partial charge on any atom is 0.508 e. The molecule has 0 aliphatic rings. The molecule has 1 N–H and O–H groups in total. The fourth-order valence-electron chi connectivity index (χ4n) is 1.13. The second kappa shape index (κ2) is 7.89. The van der Waals surface area contributed by atoms with E-state index in [1.54, 1.807) is 13.8 Å². The maximum absolute atomic E-state index is 11.1. The minimum atomic E-state index is -1.25. The summed E-state index contributed by atoms with van der Waals surface area (Å²) in [6, 6.07) is 0. The predicted molar refractivity (Wildman–Crippen MR) is 59.5 cm³/mol. The van der Waals surface area contributed by atoms with Gasteiger partial charge in [0.15, 0.2) is 0 Å². The van der Waals surface area contributed by atoms with Gasteiger partial charge >= 0.3 is 12.1 Å². The summed E-state index contributed by atoms with van der Waals surface area (Å²) in [7, 11) is 0. The molecule has 0 aromatic carbocycles. The lowest BCUT2D eigenvalue weighted by Crippen LogP contribution is -2.30. The van der Waals surface area contributed by atoms with Crippen LogP contribution in [0.15, 0.2) is 0 Å². The molecule has 0 saturated carbocycles. The van der Waals surface area contributed by atoms with Gasteiger partial charge in [-0.05, 0) is 20.8 Å². The molecule has 0 radical (unpaired) electrons. The number of aliphatic hydroxyl groups is 1. The van der Waals surface area contributed by atoms with Gasteiger partial charge in [0.25, 0.3) is 0 Å². The van der Waals surface area contributed by atoms with E-state index in [0.29, 0.717) is 0 Å². The summed E-state index contributed by atoms with van der Waals surface area (Å²) in [4.78, 5) is 22.0. The molecule has 0 fully saturated rings. The highest BCUT2D eigenvalue weighted by molar-refractivity contribution is 5.70. The molecule has 1 atom stereocenters. The summed E-state index contributed by atoms with van der Waals surface area (Å²) in [5, 5.41) is 9.82. The summed E-state index contributed by atoms with van der Waals surface area (Å²) in [5.74, 6) is -0.478. The Morgan fingerprint density at radius 2 is 1.71 bits per heavy atom. The first-order valence-electron chi connectivity index (χ1n) is 5.59. The number of rotatable bonds is 7. The van der Waals surface area contributed by atoms with Gasteiger partial charge in [-0.25, -0.2) is 4.79 Å². The van der Waals surface area contributed by atoms with Crippen molar-refractivity contribution < 1.29 is 28.9 Å². The molecule has 0 spiro atoms. The molecule has 0 aromatic rings. The first-order chi connectivity index (χ1) is 7.91.